The normalized spacial score (nSPS) is 11.2. The second-order valence-corrected chi connectivity index (χ2v) is 10.4. The smallest absolute Gasteiger partial charge is 0.160 e. The Morgan fingerprint density at radius 3 is 2.44 bits per heavy atom. The molecule has 2 aromatic carbocycles. The van der Waals surface area contributed by atoms with Gasteiger partial charge in [0.05, 0.1) is 12.8 Å². The van der Waals surface area contributed by atoms with Crippen molar-refractivity contribution >= 4 is 22.8 Å². The number of aromatic nitrogens is 3. The molecule has 0 aliphatic heterocycles. The molecule has 0 aliphatic carbocycles. The zero-order valence-corrected chi connectivity index (χ0v) is 21.8. The lowest BCUT2D eigenvalue weighted by Gasteiger charge is -2.15. The first-order valence-electron chi connectivity index (χ1n) is 12.1. The maximum atomic E-state index is 5.33. The Labute approximate surface area is 216 Å². The minimum absolute atomic E-state index is 0.545. The molecular formula is C31H29N3OS. The molecule has 5 rings (SSSR count). The number of ether oxygens (including phenoxy) is 1. The van der Waals surface area contributed by atoms with Gasteiger partial charge in [-0.15, -0.1) is 0 Å². The third kappa shape index (κ3) is 5.12. The average molecular weight is 492 g/mol. The van der Waals surface area contributed by atoms with Crippen molar-refractivity contribution < 1.29 is 4.74 Å². The van der Waals surface area contributed by atoms with Gasteiger partial charge in [0.2, 0.25) is 0 Å². The number of nitrogens with zero attached hydrogens (tertiary/aromatic N) is 3. The van der Waals surface area contributed by atoms with Crippen molar-refractivity contribution in [2.45, 2.75) is 37.0 Å². The van der Waals surface area contributed by atoms with Crippen LogP contribution in [0.2, 0.25) is 0 Å². The molecule has 0 N–H and O–H groups in total. The van der Waals surface area contributed by atoms with Crippen LogP contribution in [0.25, 0.3) is 33.4 Å². The lowest BCUT2D eigenvalue weighted by Crippen LogP contribution is -1.99. The number of methoxy groups -OCH3 is 1. The summed E-state index contributed by atoms with van der Waals surface area (Å²) in [6, 6.07) is 25.2. The van der Waals surface area contributed by atoms with E-state index in [1.54, 1.807) is 18.9 Å². The fourth-order valence-corrected chi connectivity index (χ4v) is 5.30. The average Bonchev–Trinajstić information content (AvgIpc) is 2.89. The summed E-state index contributed by atoms with van der Waals surface area (Å²) >= 11 is 1.74. The number of pyridine rings is 3. The Hall–Kier alpha value is -3.70. The first kappa shape index (κ1) is 24.0. The van der Waals surface area contributed by atoms with E-state index in [0.717, 1.165) is 56.2 Å². The van der Waals surface area contributed by atoms with Crippen molar-refractivity contribution in [3.05, 3.63) is 96.4 Å². The van der Waals surface area contributed by atoms with E-state index < -0.39 is 0 Å². The number of hydrogen-bond donors (Lipinski definition) is 0. The Balaban J connectivity index is 1.61. The van der Waals surface area contributed by atoms with E-state index in [2.05, 4.69) is 74.3 Å². The fraction of sp³-hybridized carbons (Fsp3) is 0.194. The van der Waals surface area contributed by atoms with E-state index in [-0.39, 0.29) is 0 Å². The van der Waals surface area contributed by atoms with Crippen LogP contribution >= 0.6 is 11.8 Å². The van der Waals surface area contributed by atoms with Crippen LogP contribution in [0.15, 0.2) is 95.0 Å². The summed E-state index contributed by atoms with van der Waals surface area (Å²) in [7, 11) is 1.69. The first-order valence-corrected chi connectivity index (χ1v) is 13.0. The molecule has 0 radical (unpaired) electrons. The molecule has 0 atom stereocenters. The molecule has 5 aromatic rings. The molecule has 180 valence electrons. The van der Waals surface area contributed by atoms with Gasteiger partial charge in [0, 0.05) is 44.4 Å². The summed E-state index contributed by atoms with van der Waals surface area (Å²) in [6.07, 6.45) is 4.63. The number of aryl methyl sites for hydroxylation is 1. The number of hydrogen-bond acceptors (Lipinski definition) is 5. The van der Waals surface area contributed by atoms with Crippen molar-refractivity contribution in [1.82, 2.24) is 15.0 Å². The Kier molecular flexibility index (Phi) is 7.01. The van der Waals surface area contributed by atoms with Crippen molar-refractivity contribution in [1.29, 1.82) is 0 Å². The molecule has 0 fully saturated rings. The van der Waals surface area contributed by atoms with E-state index in [1.807, 2.05) is 36.7 Å². The van der Waals surface area contributed by atoms with Crippen molar-refractivity contribution in [2.75, 3.05) is 7.11 Å². The first-order chi connectivity index (χ1) is 17.5. The Bertz CT molecular complexity index is 1510. The molecule has 3 heterocycles. The second kappa shape index (κ2) is 10.5. The fourth-order valence-electron chi connectivity index (χ4n) is 4.36. The molecule has 0 unspecified atom stereocenters. The molecule has 0 saturated heterocycles. The van der Waals surface area contributed by atoms with Crippen LogP contribution in [0.3, 0.4) is 0 Å². The van der Waals surface area contributed by atoms with Gasteiger partial charge in [0.1, 0.15) is 5.75 Å². The highest BCUT2D eigenvalue weighted by Gasteiger charge is 2.16. The van der Waals surface area contributed by atoms with Gasteiger partial charge in [-0.1, -0.05) is 49.4 Å². The van der Waals surface area contributed by atoms with E-state index in [4.69, 9.17) is 14.7 Å². The van der Waals surface area contributed by atoms with Crippen LogP contribution in [0.1, 0.15) is 25.1 Å². The largest absolute Gasteiger partial charge is 0.497 e. The monoisotopic (exact) mass is 491 g/mol. The van der Waals surface area contributed by atoms with E-state index in [0.29, 0.717) is 5.92 Å². The molecule has 4 nitrogen and oxygen atoms in total. The van der Waals surface area contributed by atoms with Gasteiger partial charge in [-0.2, -0.15) is 0 Å². The molecule has 5 heteroatoms. The van der Waals surface area contributed by atoms with E-state index >= 15 is 0 Å². The predicted molar refractivity (Wildman–Crippen MR) is 149 cm³/mol. The lowest BCUT2D eigenvalue weighted by atomic mass is 9.96. The Morgan fingerprint density at radius 2 is 1.67 bits per heavy atom. The predicted octanol–water partition coefficient (Wildman–Crippen LogP) is 8.03. The van der Waals surface area contributed by atoms with Crippen LogP contribution in [0, 0.1) is 12.8 Å². The maximum Gasteiger partial charge on any atom is 0.160 e. The van der Waals surface area contributed by atoms with Crippen LogP contribution in [0.4, 0.5) is 0 Å². The van der Waals surface area contributed by atoms with Crippen molar-refractivity contribution in [3.63, 3.8) is 0 Å². The third-order valence-electron chi connectivity index (χ3n) is 6.05. The molecule has 0 aliphatic rings. The highest BCUT2D eigenvalue weighted by molar-refractivity contribution is 7.99. The van der Waals surface area contributed by atoms with Gasteiger partial charge in [0.25, 0.3) is 0 Å². The summed E-state index contributed by atoms with van der Waals surface area (Å²) in [5, 5.41) is 1.02. The molecular weight excluding hydrogens is 462 g/mol. The van der Waals surface area contributed by atoms with Gasteiger partial charge < -0.3 is 4.74 Å². The van der Waals surface area contributed by atoms with Gasteiger partial charge in [-0.25, -0.2) is 9.97 Å². The Morgan fingerprint density at radius 1 is 0.833 bits per heavy atom. The highest BCUT2D eigenvalue weighted by atomic mass is 32.2. The van der Waals surface area contributed by atoms with Gasteiger partial charge in [0.15, 0.2) is 5.65 Å². The standard InChI is InChI=1S/C31H29N3OS/c1-20(2)18-22-8-13-27-26(15-17-33-31(27)34-22)30-25(6-5-16-32-30)28-19-21(3)7-14-29(28)36-24-11-9-23(35-4)10-12-24/h5-17,19-20H,18H2,1-4H3. The minimum atomic E-state index is 0.545. The van der Waals surface area contributed by atoms with Crippen LogP contribution < -0.4 is 4.74 Å². The zero-order valence-electron chi connectivity index (χ0n) is 21.0. The summed E-state index contributed by atoms with van der Waals surface area (Å²) in [5.41, 5.74) is 7.27. The summed E-state index contributed by atoms with van der Waals surface area (Å²) in [4.78, 5) is 16.6. The third-order valence-corrected chi connectivity index (χ3v) is 7.14. The molecule has 0 amide bonds. The quantitative estimate of drug-likeness (QED) is 0.231. The molecule has 36 heavy (non-hydrogen) atoms. The van der Waals surface area contributed by atoms with Gasteiger partial charge in [-0.3, -0.25) is 4.98 Å². The second-order valence-electron chi connectivity index (χ2n) is 9.31. The topological polar surface area (TPSA) is 47.9 Å². The minimum Gasteiger partial charge on any atom is -0.497 e. The van der Waals surface area contributed by atoms with Gasteiger partial charge in [-0.05, 0) is 79.4 Å². The molecule has 0 saturated carbocycles. The lowest BCUT2D eigenvalue weighted by molar-refractivity contribution is 0.414. The SMILES string of the molecule is COc1ccc(Sc2ccc(C)cc2-c2cccnc2-c2ccnc3nc(CC(C)C)ccc23)cc1. The number of benzene rings is 2. The summed E-state index contributed by atoms with van der Waals surface area (Å²) < 4.78 is 5.33. The molecule has 0 bridgehead atoms. The highest BCUT2D eigenvalue weighted by Crippen LogP contribution is 2.41. The van der Waals surface area contributed by atoms with Crippen LogP contribution in [-0.4, -0.2) is 22.1 Å². The van der Waals surface area contributed by atoms with Crippen molar-refractivity contribution in [3.8, 4) is 28.1 Å². The molecule has 0 spiro atoms. The van der Waals surface area contributed by atoms with Crippen LogP contribution in [0.5, 0.6) is 5.75 Å². The zero-order chi connectivity index (χ0) is 25.1. The van der Waals surface area contributed by atoms with E-state index in [9.17, 15) is 0 Å². The van der Waals surface area contributed by atoms with Crippen LogP contribution in [-0.2, 0) is 6.42 Å². The summed E-state index contributed by atoms with van der Waals surface area (Å²) in [5.74, 6) is 1.40. The maximum absolute atomic E-state index is 5.33. The molecule has 3 aromatic heterocycles. The number of rotatable bonds is 7. The number of fused-ring (bicyclic) bond motifs is 1. The van der Waals surface area contributed by atoms with E-state index in [1.165, 1.54) is 10.5 Å². The van der Waals surface area contributed by atoms with Crippen molar-refractivity contribution in [2.24, 2.45) is 5.92 Å². The van der Waals surface area contributed by atoms with Gasteiger partial charge >= 0.3 is 0 Å². The summed E-state index contributed by atoms with van der Waals surface area (Å²) in [6.45, 7) is 6.54.